The molecule has 8 heteroatoms. The fourth-order valence-electron chi connectivity index (χ4n) is 2.67. The third-order valence-corrected chi connectivity index (χ3v) is 4.69. The number of aromatic nitrogens is 4. The van der Waals surface area contributed by atoms with Gasteiger partial charge in [0.25, 0.3) is 5.56 Å². The van der Waals surface area contributed by atoms with Crippen molar-refractivity contribution in [3.8, 4) is 0 Å². The Labute approximate surface area is 148 Å². The summed E-state index contributed by atoms with van der Waals surface area (Å²) < 4.78 is 15.8. The fourth-order valence-corrected chi connectivity index (χ4v) is 3.16. The van der Waals surface area contributed by atoms with Crippen molar-refractivity contribution in [1.82, 2.24) is 19.5 Å². The molecule has 0 fully saturated rings. The maximum absolute atomic E-state index is 13.9. The molecule has 1 N–H and O–H groups in total. The summed E-state index contributed by atoms with van der Waals surface area (Å²) in [5.74, 6) is 0.802. The van der Waals surface area contributed by atoms with Gasteiger partial charge in [0.05, 0.1) is 5.39 Å². The molecule has 3 aromatic rings. The highest BCUT2D eigenvalue weighted by atomic mass is 32.2. The molecule has 3 rings (SSSR count). The molecule has 0 aliphatic rings. The van der Waals surface area contributed by atoms with Crippen LogP contribution in [0.15, 0.2) is 34.2 Å². The normalized spacial score (nSPS) is 12.1. The largest absolute Gasteiger partial charge is 0.337 e. The second kappa shape index (κ2) is 7.18. The Morgan fingerprint density at radius 2 is 2.16 bits per heavy atom. The van der Waals surface area contributed by atoms with Crippen LogP contribution in [0.4, 0.5) is 4.39 Å². The summed E-state index contributed by atoms with van der Waals surface area (Å²) >= 11 is 1.54. The van der Waals surface area contributed by atoms with Crippen LogP contribution in [0, 0.1) is 5.82 Å². The average Bonchev–Trinajstić information content (AvgIpc) is 2.96. The zero-order chi connectivity index (χ0) is 18.0. The Hall–Kier alpha value is -2.48. The van der Waals surface area contributed by atoms with Crippen LogP contribution in [0.5, 0.6) is 0 Å². The van der Waals surface area contributed by atoms with Crippen molar-refractivity contribution in [2.24, 2.45) is 12.0 Å². The molecule has 0 aliphatic carbocycles. The number of fused-ring (bicyclic) bond motifs is 1. The van der Waals surface area contributed by atoms with Crippen LogP contribution in [-0.2, 0) is 19.9 Å². The van der Waals surface area contributed by atoms with Gasteiger partial charge in [-0.05, 0) is 18.4 Å². The van der Waals surface area contributed by atoms with E-state index in [1.807, 2.05) is 24.1 Å². The lowest BCUT2D eigenvalue weighted by Gasteiger charge is -2.04. The number of para-hydroxylation sites is 1. The van der Waals surface area contributed by atoms with E-state index < -0.39 is 5.82 Å². The molecular formula is C17H18FN5OS. The maximum Gasteiger partial charge on any atom is 0.258 e. The number of aromatic amines is 1. The molecule has 0 spiro atoms. The molecule has 2 aromatic heterocycles. The number of thioether (sulfide) groups is 1. The Kier molecular flexibility index (Phi) is 4.98. The maximum atomic E-state index is 13.9. The van der Waals surface area contributed by atoms with E-state index in [0.717, 1.165) is 16.6 Å². The molecular weight excluding hydrogens is 341 g/mol. The standard InChI is InChI=1S/C17H18FN5OS/c1-19-17(25-3)12-9-23(2)14(20-12)8-7-13-21-15-10(16(24)22-13)5-4-6-11(15)18/h4-6,9H,7-8H2,1-3H3,(H,21,22,24). The lowest BCUT2D eigenvalue weighted by Crippen LogP contribution is -2.14. The highest BCUT2D eigenvalue weighted by Crippen LogP contribution is 2.14. The molecule has 0 bridgehead atoms. The molecule has 25 heavy (non-hydrogen) atoms. The van der Waals surface area contributed by atoms with Gasteiger partial charge in [-0.2, -0.15) is 0 Å². The first-order valence-electron chi connectivity index (χ1n) is 7.74. The molecule has 130 valence electrons. The lowest BCUT2D eigenvalue weighted by molar-refractivity contribution is 0.634. The molecule has 0 unspecified atom stereocenters. The van der Waals surface area contributed by atoms with Crippen molar-refractivity contribution < 1.29 is 4.39 Å². The summed E-state index contributed by atoms with van der Waals surface area (Å²) in [7, 11) is 3.65. The first-order valence-corrected chi connectivity index (χ1v) is 8.96. The molecule has 1 aromatic carbocycles. The van der Waals surface area contributed by atoms with Crippen LogP contribution in [0.3, 0.4) is 0 Å². The summed E-state index contributed by atoms with van der Waals surface area (Å²) in [6, 6.07) is 4.37. The van der Waals surface area contributed by atoms with Gasteiger partial charge in [0.2, 0.25) is 0 Å². The number of benzene rings is 1. The minimum atomic E-state index is -0.493. The third kappa shape index (κ3) is 3.48. The number of hydrogen-bond donors (Lipinski definition) is 1. The lowest BCUT2D eigenvalue weighted by atomic mass is 10.2. The summed E-state index contributed by atoms with van der Waals surface area (Å²) in [6.07, 6.45) is 4.91. The van der Waals surface area contributed by atoms with Gasteiger partial charge in [0.15, 0.2) is 0 Å². The van der Waals surface area contributed by atoms with Crippen molar-refractivity contribution in [3.63, 3.8) is 0 Å². The van der Waals surface area contributed by atoms with E-state index in [4.69, 9.17) is 0 Å². The zero-order valence-corrected chi connectivity index (χ0v) is 15.0. The monoisotopic (exact) mass is 359 g/mol. The van der Waals surface area contributed by atoms with Crippen molar-refractivity contribution in [1.29, 1.82) is 0 Å². The van der Waals surface area contributed by atoms with Crippen LogP contribution in [-0.4, -0.2) is 37.9 Å². The van der Waals surface area contributed by atoms with E-state index in [1.165, 1.54) is 23.9 Å². The Bertz CT molecular complexity index is 1010. The molecule has 0 radical (unpaired) electrons. The number of hydrogen-bond acceptors (Lipinski definition) is 5. The topological polar surface area (TPSA) is 75.9 Å². The predicted molar refractivity (Wildman–Crippen MR) is 98.9 cm³/mol. The van der Waals surface area contributed by atoms with E-state index in [0.29, 0.717) is 18.7 Å². The van der Waals surface area contributed by atoms with Crippen molar-refractivity contribution in [2.45, 2.75) is 12.8 Å². The van der Waals surface area contributed by atoms with E-state index in [1.54, 1.807) is 13.1 Å². The Morgan fingerprint density at radius 3 is 2.88 bits per heavy atom. The van der Waals surface area contributed by atoms with Gasteiger partial charge in [0.1, 0.15) is 33.7 Å². The van der Waals surface area contributed by atoms with E-state index in [9.17, 15) is 9.18 Å². The van der Waals surface area contributed by atoms with Gasteiger partial charge in [-0.1, -0.05) is 6.07 Å². The molecule has 0 atom stereocenters. The number of imidazole rings is 1. The van der Waals surface area contributed by atoms with Crippen LogP contribution in [0.1, 0.15) is 17.3 Å². The molecule has 0 aliphatic heterocycles. The van der Waals surface area contributed by atoms with Gasteiger partial charge in [0, 0.05) is 33.1 Å². The molecule has 2 heterocycles. The smallest absolute Gasteiger partial charge is 0.258 e. The van der Waals surface area contributed by atoms with Gasteiger partial charge in [-0.15, -0.1) is 11.8 Å². The number of aryl methyl sites for hydroxylation is 3. The molecule has 0 saturated carbocycles. The summed E-state index contributed by atoms with van der Waals surface area (Å²) in [5, 5.41) is 1.12. The summed E-state index contributed by atoms with van der Waals surface area (Å²) in [5.41, 5.74) is 0.589. The van der Waals surface area contributed by atoms with Crippen molar-refractivity contribution >= 4 is 27.7 Å². The second-order valence-electron chi connectivity index (χ2n) is 5.53. The minimum Gasteiger partial charge on any atom is -0.337 e. The van der Waals surface area contributed by atoms with Gasteiger partial charge >= 0.3 is 0 Å². The summed E-state index contributed by atoms with van der Waals surface area (Å²) in [6.45, 7) is 0. The summed E-state index contributed by atoms with van der Waals surface area (Å²) in [4.78, 5) is 27.9. The minimum absolute atomic E-state index is 0.101. The zero-order valence-electron chi connectivity index (χ0n) is 14.2. The molecule has 0 amide bonds. The number of aliphatic imine (C=N–C) groups is 1. The van der Waals surface area contributed by atoms with Crippen molar-refractivity contribution in [2.75, 3.05) is 13.3 Å². The third-order valence-electron chi connectivity index (χ3n) is 3.91. The Balaban J connectivity index is 1.86. The number of nitrogens with zero attached hydrogens (tertiary/aromatic N) is 4. The number of halogens is 1. The van der Waals surface area contributed by atoms with Gasteiger partial charge in [-0.3, -0.25) is 9.79 Å². The average molecular weight is 359 g/mol. The van der Waals surface area contributed by atoms with Crippen LogP contribution >= 0.6 is 11.8 Å². The van der Waals surface area contributed by atoms with Crippen LogP contribution in [0.2, 0.25) is 0 Å². The Morgan fingerprint density at radius 1 is 1.36 bits per heavy atom. The first-order chi connectivity index (χ1) is 12.0. The van der Waals surface area contributed by atoms with Crippen molar-refractivity contribution in [3.05, 3.63) is 57.9 Å². The van der Waals surface area contributed by atoms with E-state index in [-0.39, 0.29) is 16.5 Å². The van der Waals surface area contributed by atoms with Crippen LogP contribution < -0.4 is 5.56 Å². The van der Waals surface area contributed by atoms with Gasteiger partial charge in [-0.25, -0.2) is 14.4 Å². The number of nitrogens with one attached hydrogen (secondary N) is 1. The molecule has 0 saturated heterocycles. The highest BCUT2D eigenvalue weighted by Gasteiger charge is 2.12. The number of rotatable bonds is 4. The molecule has 6 nitrogen and oxygen atoms in total. The SMILES string of the molecule is CN=C(SC)c1cn(C)c(CCc2nc3c(F)cccc3c(=O)[nH]2)n1. The fraction of sp³-hybridized carbons (Fsp3) is 0.294. The first kappa shape index (κ1) is 17.3. The quantitative estimate of drug-likeness (QED) is 0.573. The highest BCUT2D eigenvalue weighted by molar-refractivity contribution is 8.13. The van der Waals surface area contributed by atoms with Crippen LogP contribution in [0.25, 0.3) is 10.9 Å². The predicted octanol–water partition coefficient (Wildman–Crippen LogP) is 2.32. The van der Waals surface area contributed by atoms with Gasteiger partial charge < -0.3 is 9.55 Å². The second-order valence-corrected chi connectivity index (χ2v) is 6.33. The number of H-pyrrole nitrogens is 1. The van der Waals surface area contributed by atoms with E-state index in [2.05, 4.69) is 19.9 Å². The van der Waals surface area contributed by atoms with E-state index >= 15 is 0 Å².